The van der Waals surface area contributed by atoms with Crippen molar-refractivity contribution in [3.63, 3.8) is 0 Å². The molecule has 4 nitrogen and oxygen atoms in total. The fourth-order valence-electron chi connectivity index (χ4n) is 3.46. The molecule has 0 bridgehead atoms. The molecule has 4 heterocycles. The van der Waals surface area contributed by atoms with Crippen LogP contribution in [-0.4, -0.2) is 21.9 Å². The van der Waals surface area contributed by atoms with Gasteiger partial charge in [0.05, 0.1) is 17.1 Å². The Hall–Kier alpha value is -3.40. The molecule has 0 saturated heterocycles. The van der Waals surface area contributed by atoms with E-state index in [1.165, 1.54) is 11.1 Å². The molecule has 0 aromatic carbocycles. The van der Waals surface area contributed by atoms with Crippen LogP contribution in [-0.2, 0) is 0 Å². The van der Waals surface area contributed by atoms with Crippen LogP contribution >= 0.6 is 0 Å². The molecule has 146 valence electrons. The summed E-state index contributed by atoms with van der Waals surface area (Å²) in [6.45, 7) is 10.5. The molecule has 0 unspecified atom stereocenters. The maximum atomic E-state index is 4.73. The fraction of sp³-hybridized carbons (Fsp3) is 0.200. The molecule has 2 aliphatic heterocycles. The van der Waals surface area contributed by atoms with Gasteiger partial charge in [0.15, 0.2) is 0 Å². The fourth-order valence-corrected chi connectivity index (χ4v) is 3.46. The highest BCUT2D eigenvalue weighted by Crippen LogP contribution is 2.22. The van der Waals surface area contributed by atoms with E-state index in [0.29, 0.717) is 0 Å². The van der Waals surface area contributed by atoms with Crippen LogP contribution < -0.4 is 10.7 Å². The predicted molar refractivity (Wildman–Crippen MR) is 123 cm³/mol. The molecule has 0 saturated carbocycles. The molecule has 2 aromatic rings. The van der Waals surface area contributed by atoms with Crippen LogP contribution in [0.3, 0.4) is 0 Å². The van der Waals surface area contributed by atoms with E-state index in [9.17, 15) is 0 Å². The maximum absolute atomic E-state index is 4.73. The number of hydrogen-bond donors (Lipinski definition) is 2. The number of hydrogen-bond acceptors (Lipinski definition) is 2. The normalized spacial score (nSPS) is 19.1. The van der Waals surface area contributed by atoms with Crippen LogP contribution in [0.1, 0.15) is 46.0 Å². The van der Waals surface area contributed by atoms with E-state index in [2.05, 4.69) is 86.0 Å². The molecule has 4 heteroatoms. The Morgan fingerprint density at radius 3 is 2.00 bits per heavy atom. The van der Waals surface area contributed by atoms with Crippen molar-refractivity contribution in [1.29, 1.82) is 0 Å². The van der Waals surface area contributed by atoms with Gasteiger partial charge in [-0.3, -0.25) is 4.99 Å². The number of aliphatic imine (C=N–C) groups is 2. The van der Waals surface area contributed by atoms with Crippen LogP contribution in [0.25, 0.3) is 16.7 Å². The largest absolute Gasteiger partial charge is 0.355 e. The van der Waals surface area contributed by atoms with Crippen LogP contribution in [0, 0.1) is 0 Å². The first-order valence-electron chi connectivity index (χ1n) is 9.87. The quantitative estimate of drug-likeness (QED) is 0.790. The average molecular weight is 383 g/mol. The number of nitrogens with zero attached hydrogens (tertiary/aromatic N) is 2. The van der Waals surface area contributed by atoms with Crippen molar-refractivity contribution < 1.29 is 0 Å². The molecule has 0 fully saturated rings. The molecule has 0 aliphatic carbocycles. The van der Waals surface area contributed by atoms with Gasteiger partial charge in [-0.15, -0.1) is 0 Å². The Labute approximate surface area is 171 Å². The lowest BCUT2D eigenvalue weighted by Gasteiger charge is -2.01. The van der Waals surface area contributed by atoms with Crippen molar-refractivity contribution in [3.8, 4) is 0 Å². The average Bonchev–Trinajstić information content (AvgIpc) is 3.51. The number of rotatable bonds is 3. The number of allylic oxidation sites excluding steroid dienone is 6. The number of nitrogens with one attached hydrogen (secondary N) is 2. The third-order valence-electron chi connectivity index (χ3n) is 5.46. The van der Waals surface area contributed by atoms with Gasteiger partial charge in [0.2, 0.25) is 0 Å². The smallest absolute Gasteiger partial charge is 0.0687 e. The second-order valence-corrected chi connectivity index (χ2v) is 7.68. The van der Waals surface area contributed by atoms with E-state index in [0.717, 1.165) is 50.3 Å². The molecule has 2 aliphatic rings. The molecule has 2 N–H and O–H groups in total. The first-order valence-corrected chi connectivity index (χ1v) is 9.87. The van der Waals surface area contributed by atoms with Crippen molar-refractivity contribution in [2.75, 3.05) is 0 Å². The SMILES string of the molecule is CC(C)=C1C=CC(/C(C)=c2/cc/c(=C(\C)c3ccc(/C(C)=C4/C=CC=N4)[nH]3)[nH]2)=N1. The Morgan fingerprint density at radius 2 is 1.38 bits per heavy atom. The maximum Gasteiger partial charge on any atom is 0.0687 e. The highest BCUT2D eigenvalue weighted by atomic mass is 14.8. The van der Waals surface area contributed by atoms with Crippen molar-refractivity contribution >= 4 is 28.6 Å². The standard InChI is InChI=1S/C25H26N4/c1-15(2)19-8-9-22(27-19)17(4)23-12-13-25(29-23)18(5)24-11-10-21(28-24)16(3)20-7-6-14-26-20/h6-14,28-29H,1-5H3/b20-16-,23-17-,25-18-. The van der Waals surface area contributed by atoms with Crippen LogP contribution in [0.2, 0.25) is 0 Å². The van der Waals surface area contributed by atoms with Crippen molar-refractivity contribution in [3.05, 3.63) is 87.6 Å². The number of aromatic nitrogens is 2. The first-order chi connectivity index (χ1) is 13.9. The van der Waals surface area contributed by atoms with Gasteiger partial charge >= 0.3 is 0 Å². The summed E-state index contributed by atoms with van der Waals surface area (Å²) in [5.41, 5.74) is 9.96. The minimum absolute atomic E-state index is 1.00. The lowest BCUT2D eigenvalue weighted by Crippen LogP contribution is -2.16. The third-order valence-corrected chi connectivity index (χ3v) is 5.46. The monoisotopic (exact) mass is 382 g/mol. The second-order valence-electron chi connectivity index (χ2n) is 7.68. The topological polar surface area (TPSA) is 56.3 Å². The molecular formula is C25H26N4. The van der Waals surface area contributed by atoms with Crippen LogP contribution in [0.4, 0.5) is 0 Å². The van der Waals surface area contributed by atoms with Gasteiger partial charge in [-0.05, 0) is 99.9 Å². The third kappa shape index (κ3) is 3.66. The summed E-state index contributed by atoms with van der Waals surface area (Å²) < 4.78 is 0. The Bertz CT molecular complexity index is 1260. The van der Waals surface area contributed by atoms with Gasteiger partial charge in [-0.1, -0.05) is 5.57 Å². The van der Waals surface area contributed by atoms with E-state index >= 15 is 0 Å². The zero-order valence-electron chi connectivity index (χ0n) is 17.6. The minimum atomic E-state index is 1.00. The van der Waals surface area contributed by atoms with Crippen LogP contribution in [0.15, 0.2) is 75.5 Å². The molecule has 4 rings (SSSR count). The number of aromatic amines is 2. The highest BCUT2D eigenvalue weighted by Gasteiger charge is 2.10. The minimum Gasteiger partial charge on any atom is -0.355 e. The first kappa shape index (κ1) is 18.9. The van der Waals surface area contributed by atoms with Gasteiger partial charge < -0.3 is 9.97 Å². The summed E-state index contributed by atoms with van der Waals surface area (Å²) >= 11 is 0. The zero-order chi connectivity index (χ0) is 20.5. The molecule has 2 aromatic heterocycles. The van der Waals surface area contributed by atoms with Crippen molar-refractivity contribution in [2.45, 2.75) is 34.6 Å². The molecule has 0 atom stereocenters. The summed E-state index contributed by atoms with van der Waals surface area (Å²) in [6, 6.07) is 8.49. The summed E-state index contributed by atoms with van der Waals surface area (Å²) in [7, 11) is 0. The van der Waals surface area contributed by atoms with Crippen LogP contribution in [0.5, 0.6) is 0 Å². The van der Waals surface area contributed by atoms with Crippen molar-refractivity contribution in [1.82, 2.24) is 9.97 Å². The number of H-pyrrole nitrogens is 2. The van der Waals surface area contributed by atoms with E-state index in [1.807, 2.05) is 18.4 Å². The Morgan fingerprint density at radius 1 is 0.690 bits per heavy atom. The Balaban J connectivity index is 1.71. The molecular weight excluding hydrogens is 356 g/mol. The van der Waals surface area contributed by atoms with Gasteiger partial charge in [0, 0.05) is 28.3 Å². The van der Waals surface area contributed by atoms with Gasteiger partial charge in [-0.2, -0.15) is 0 Å². The zero-order valence-corrected chi connectivity index (χ0v) is 17.6. The van der Waals surface area contributed by atoms with Gasteiger partial charge in [0.25, 0.3) is 0 Å². The highest BCUT2D eigenvalue weighted by molar-refractivity contribution is 6.25. The molecule has 0 spiro atoms. The summed E-state index contributed by atoms with van der Waals surface area (Å²) in [6.07, 6.45) is 9.98. The summed E-state index contributed by atoms with van der Waals surface area (Å²) in [5.74, 6) is 0. The molecule has 0 amide bonds. The van der Waals surface area contributed by atoms with Gasteiger partial charge in [0.1, 0.15) is 0 Å². The molecule has 29 heavy (non-hydrogen) atoms. The van der Waals surface area contributed by atoms with E-state index in [-0.39, 0.29) is 0 Å². The van der Waals surface area contributed by atoms with Gasteiger partial charge in [-0.25, -0.2) is 4.99 Å². The Kier molecular flexibility index (Phi) is 4.93. The van der Waals surface area contributed by atoms with E-state index in [1.54, 1.807) is 0 Å². The lowest BCUT2D eigenvalue weighted by atomic mass is 10.2. The summed E-state index contributed by atoms with van der Waals surface area (Å²) in [4.78, 5) is 16.2. The predicted octanol–water partition coefficient (Wildman–Crippen LogP) is 4.41. The van der Waals surface area contributed by atoms with E-state index in [4.69, 9.17) is 4.99 Å². The second kappa shape index (κ2) is 7.55. The molecule has 0 radical (unpaired) electrons. The van der Waals surface area contributed by atoms with E-state index < -0.39 is 0 Å². The lowest BCUT2D eigenvalue weighted by molar-refractivity contribution is 1.21. The van der Waals surface area contributed by atoms with Crippen molar-refractivity contribution in [2.24, 2.45) is 9.98 Å². The summed E-state index contributed by atoms with van der Waals surface area (Å²) in [5, 5.41) is 2.19.